The molecule has 0 saturated heterocycles. The predicted molar refractivity (Wildman–Crippen MR) is 69.9 cm³/mol. The zero-order chi connectivity index (χ0) is 17.9. The molecule has 1 aromatic carbocycles. The average molecular weight is 344 g/mol. The van der Waals surface area contributed by atoms with Gasteiger partial charge in [0.15, 0.2) is 0 Å². The van der Waals surface area contributed by atoms with Crippen LogP contribution in [0.1, 0.15) is 13.3 Å². The van der Waals surface area contributed by atoms with E-state index < -0.39 is 36.0 Å². The Labute approximate surface area is 127 Å². The van der Waals surface area contributed by atoms with Crippen molar-refractivity contribution in [2.75, 3.05) is 12.4 Å². The van der Waals surface area contributed by atoms with E-state index in [2.05, 4.69) is 0 Å². The van der Waals surface area contributed by atoms with Gasteiger partial charge >= 0.3 is 18.0 Å². The molecule has 0 aliphatic rings. The van der Waals surface area contributed by atoms with Crippen LogP contribution < -0.4 is 15.4 Å². The van der Waals surface area contributed by atoms with Crippen LogP contribution in [-0.4, -0.2) is 31.0 Å². The van der Waals surface area contributed by atoms with Crippen molar-refractivity contribution >= 4 is 11.6 Å². The molecule has 0 aliphatic heterocycles. The molecule has 0 unspecified atom stereocenters. The highest BCUT2D eigenvalue weighted by Gasteiger charge is 2.72. The fourth-order valence-electron chi connectivity index (χ4n) is 1.66. The molecule has 10 heteroatoms. The Morgan fingerprint density at radius 1 is 1.04 bits per heavy atom. The Kier molecular flexibility index (Phi) is 5.39. The first-order valence-electron chi connectivity index (χ1n) is 6.33. The van der Waals surface area contributed by atoms with Crippen molar-refractivity contribution in [1.29, 1.82) is 0 Å². The van der Waals surface area contributed by atoms with Gasteiger partial charge in [-0.15, -0.1) is 0 Å². The van der Waals surface area contributed by atoms with Gasteiger partial charge in [-0.1, -0.05) is 6.92 Å². The summed E-state index contributed by atoms with van der Waals surface area (Å²) in [7, 11) is 1.29. The standard InChI is InChI=1S/C13H14F6N2O2/c1-3-10(22)21-11(12(14,15)16,13(17,18)19)20-8-4-6-9(23-2)7-5-8/h4-7,20H,3H2,1-2H3,(H,21,22). The molecule has 2 N–H and O–H groups in total. The Morgan fingerprint density at radius 2 is 1.52 bits per heavy atom. The topological polar surface area (TPSA) is 50.4 Å². The summed E-state index contributed by atoms with van der Waals surface area (Å²) in [6.45, 7) is 1.14. The molecule has 1 rings (SSSR count). The van der Waals surface area contributed by atoms with E-state index in [0.29, 0.717) is 0 Å². The average Bonchev–Trinajstić information content (AvgIpc) is 2.44. The van der Waals surface area contributed by atoms with Crippen LogP contribution in [0.5, 0.6) is 5.75 Å². The van der Waals surface area contributed by atoms with Crippen LogP contribution in [0.2, 0.25) is 0 Å². The largest absolute Gasteiger partial charge is 0.497 e. The van der Waals surface area contributed by atoms with Crippen molar-refractivity contribution in [1.82, 2.24) is 5.32 Å². The number of hydrogen-bond donors (Lipinski definition) is 2. The number of carbonyl (C=O) groups is 1. The Bertz CT molecular complexity index is 525. The number of ether oxygens (including phenoxy) is 1. The van der Waals surface area contributed by atoms with Crippen molar-refractivity contribution < 1.29 is 35.9 Å². The number of methoxy groups -OCH3 is 1. The minimum atomic E-state index is -5.82. The first-order chi connectivity index (χ1) is 10.5. The Balaban J connectivity index is 3.33. The highest BCUT2D eigenvalue weighted by Crippen LogP contribution is 2.43. The number of benzene rings is 1. The minimum absolute atomic E-state index is 0.248. The number of alkyl halides is 6. The van der Waals surface area contributed by atoms with E-state index in [9.17, 15) is 31.1 Å². The molecule has 0 fully saturated rings. The maximum atomic E-state index is 13.2. The second-order valence-corrected chi connectivity index (χ2v) is 4.50. The zero-order valence-corrected chi connectivity index (χ0v) is 12.1. The van der Waals surface area contributed by atoms with E-state index in [4.69, 9.17) is 4.74 Å². The molecule has 0 aliphatic carbocycles. The molecular weight excluding hydrogens is 330 g/mol. The third-order valence-electron chi connectivity index (χ3n) is 2.92. The maximum absolute atomic E-state index is 13.2. The van der Waals surface area contributed by atoms with Gasteiger partial charge in [0.1, 0.15) is 5.75 Å². The summed E-state index contributed by atoms with van der Waals surface area (Å²) in [6.07, 6.45) is -12.2. The van der Waals surface area contributed by atoms with Crippen molar-refractivity contribution in [2.45, 2.75) is 31.4 Å². The van der Waals surface area contributed by atoms with Crippen LogP contribution in [0, 0.1) is 0 Å². The van der Waals surface area contributed by atoms with E-state index in [-0.39, 0.29) is 5.75 Å². The fraction of sp³-hybridized carbons (Fsp3) is 0.462. The van der Waals surface area contributed by atoms with Gasteiger partial charge in [-0.2, -0.15) is 26.3 Å². The van der Waals surface area contributed by atoms with E-state index in [1.807, 2.05) is 0 Å². The smallest absolute Gasteiger partial charge is 0.439 e. The van der Waals surface area contributed by atoms with Crippen LogP contribution in [0.4, 0.5) is 32.0 Å². The highest BCUT2D eigenvalue weighted by atomic mass is 19.4. The number of halogens is 6. The van der Waals surface area contributed by atoms with Gasteiger partial charge in [0.05, 0.1) is 7.11 Å². The lowest BCUT2D eigenvalue weighted by atomic mass is 10.1. The lowest BCUT2D eigenvalue weighted by Gasteiger charge is -2.38. The van der Waals surface area contributed by atoms with Gasteiger partial charge in [0.25, 0.3) is 0 Å². The molecule has 0 atom stereocenters. The summed E-state index contributed by atoms with van der Waals surface area (Å²) in [6, 6.07) is 4.31. The van der Waals surface area contributed by atoms with E-state index in [1.54, 1.807) is 0 Å². The van der Waals surface area contributed by atoms with Gasteiger partial charge in [0.2, 0.25) is 5.91 Å². The third kappa shape index (κ3) is 3.99. The molecule has 0 bridgehead atoms. The zero-order valence-electron chi connectivity index (χ0n) is 12.1. The monoisotopic (exact) mass is 344 g/mol. The molecule has 0 spiro atoms. The van der Waals surface area contributed by atoms with E-state index in [1.165, 1.54) is 24.6 Å². The molecule has 0 radical (unpaired) electrons. The lowest BCUT2D eigenvalue weighted by molar-refractivity contribution is -0.295. The van der Waals surface area contributed by atoms with Crippen molar-refractivity contribution in [3.05, 3.63) is 24.3 Å². The quantitative estimate of drug-likeness (QED) is 0.635. The molecule has 0 aromatic heterocycles. The third-order valence-corrected chi connectivity index (χ3v) is 2.92. The lowest BCUT2D eigenvalue weighted by Crippen LogP contribution is -2.72. The summed E-state index contributed by atoms with van der Waals surface area (Å²) >= 11 is 0. The molecule has 4 nitrogen and oxygen atoms in total. The van der Waals surface area contributed by atoms with Crippen LogP contribution in [0.25, 0.3) is 0 Å². The first kappa shape index (κ1) is 18.9. The van der Waals surface area contributed by atoms with Crippen LogP contribution in [0.3, 0.4) is 0 Å². The summed E-state index contributed by atoms with van der Waals surface area (Å²) < 4.78 is 83.8. The molecule has 130 valence electrons. The molecular formula is C13H14F6N2O2. The van der Waals surface area contributed by atoms with E-state index in [0.717, 1.165) is 24.4 Å². The SMILES string of the molecule is CCC(=O)NC(Nc1ccc(OC)cc1)(C(F)(F)F)C(F)(F)F. The number of anilines is 1. The van der Waals surface area contributed by atoms with E-state index >= 15 is 0 Å². The molecule has 0 heterocycles. The van der Waals surface area contributed by atoms with Crippen LogP contribution in [0.15, 0.2) is 24.3 Å². The van der Waals surface area contributed by atoms with Crippen LogP contribution >= 0.6 is 0 Å². The fourth-order valence-corrected chi connectivity index (χ4v) is 1.66. The normalized spacial score (nSPS) is 12.7. The number of carbonyl (C=O) groups excluding carboxylic acids is 1. The summed E-state index contributed by atoms with van der Waals surface area (Å²) in [4.78, 5) is 11.2. The highest BCUT2D eigenvalue weighted by molar-refractivity contribution is 5.77. The minimum Gasteiger partial charge on any atom is -0.497 e. The predicted octanol–water partition coefficient (Wildman–Crippen LogP) is 3.45. The number of amides is 1. The number of rotatable bonds is 5. The van der Waals surface area contributed by atoms with Crippen molar-refractivity contribution in [3.8, 4) is 5.75 Å². The second-order valence-electron chi connectivity index (χ2n) is 4.50. The Morgan fingerprint density at radius 3 is 1.87 bits per heavy atom. The van der Waals surface area contributed by atoms with Crippen molar-refractivity contribution in [3.63, 3.8) is 0 Å². The summed E-state index contributed by atoms with van der Waals surface area (Å²) in [5, 5.41) is 2.36. The van der Waals surface area contributed by atoms with Crippen molar-refractivity contribution in [2.24, 2.45) is 0 Å². The van der Waals surface area contributed by atoms with Gasteiger partial charge in [-0.25, -0.2) is 0 Å². The second kappa shape index (κ2) is 6.55. The molecule has 1 aromatic rings. The number of nitrogens with one attached hydrogen (secondary N) is 2. The van der Waals surface area contributed by atoms with Gasteiger partial charge in [-0.05, 0) is 24.3 Å². The Hall–Kier alpha value is -2.13. The van der Waals surface area contributed by atoms with Gasteiger partial charge < -0.3 is 15.4 Å². The molecule has 23 heavy (non-hydrogen) atoms. The molecule has 1 amide bonds. The maximum Gasteiger partial charge on any atom is 0.439 e. The summed E-state index contributed by atoms with van der Waals surface area (Å²) in [5.74, 6) is -1.15. The first-order valence-corrected chi connectivity index (χ1v) is 6.33. The van der Waals surface area contributed by atoms with Gasteiger partial charge in [0, 0.05) is 12.1 Å². The molecule has 0 saturated carbocycles. The van der Waals surface area contributed by atoms with Gasteiger partial charge in [-0.3, -0.25) is 4.79 Å². The summed E-state index contributed by atoms with van der Waals surface area (Å²) in [5.41, 5.74) is -5.08. The van der Waals surface area contributed by atoms with Crippen LogP contribution in [-0.2, 0) is 4.79 Å². The number of hydrogen-bond acceptors (Lipinski definition) is 3.